The average Bonchev–Trinajstić information content (AvgIpc) is 4.02. The highest BCUT2D eigenvalue weighted by Gasteiger charge is 2.22. The summed E-state index contributed by atoms with van der Waals surface area (Å²) >= 11 is 1.84. The molecule has 0 saturated carbocycles. The summed E-state index contributed by atoms with van der Waals surface area (Å²) < 4.78 is 7.34. The lowest BCUT2D eigenvalue weighted by atomic mass is 9.99. The first kappa shape index (κ1) is 35.6. The molecule has 13 aromatic rings. The van der Waals surface area contributed by atoms with Crippen LogP contribution in [0.25, 0.3) is 120 Å². The molecule has 5 nitrogen and oxygen atoms in total. The van der Waals surface area contributed by atoms with Crippen molar-refractivity contribution in [3.8, 4) is 56.7 Å². The summed E-state index contributed by atoms with van der Waals surface area (Å²) in [4.78, 5) is 15.8. The molecule has 0 aliphatic heterocycles. The first-order valence-electron chi connectivity index (χ1n) is 21.2. The lowest BCUT2D eigenvalue weighted by Crippen LogP contribution is -2.04. The zero-order valence-corrected chi connectivity index (χ0v) is 34.7. The maximum atomic E-state index is 5.35. The Morgan fingerprint density at radius 2 is 0.841 bits per heavy atom. The maximum absolute atomic E-state index is 5.35. The molecule has 4 heterocycles. The number of hydrogen-bond donors (Lipinski definition) is 0. The van der Waals surface area contributed by atoms with E-state index in [0.717, 1.165) is 44.7 Å². The van der Waals surface area contributed by atoms with Crippen LogP contribution in [0, 0.1) is 0 Å². The smallest absolute Gasteiger partial charge is 0.166 e. The first-order chi connectivity index (χ1) is 31.2. The summed E-state index contributed by atoms with van der Waals surface area (Å²) in [7, 11) is 0. The second-order valence-corrected chi connectivity index (χ2v) is 17.0. The standard InChI is InChI=1S/C57H35N5S/c1-3-16-36(17-4-1)55-58-56(37-18-5-2-6-19-37)60-57(59-55)47-34-38(40-24-15-25-46-45-23-10-14-29-53(45)63-54(40)46)30-33-51(47)62-50-28-13-9-22-43(50)44-32-31-39(35-52(44)62)61-48-26-11-7-20-41(48)42-21-8-12-27-49(42)61/h1-35H. The quantitative estimate of drug-likeness (QED) is 0.168. The van der Waals surface area contributed by atoms with Gasteiger partial charge in [-0.05, 0) is 59.7 Å². The molecule has 294 valence electrons. The van der Waals surface area contributed by atoms with Gasteiger partial charge in [0.25, 0.3) is 0 Å². The molecule has 0 spiro atoms. The van der Waals surface area contributed by atoms with Crippen molar-refractivity contribution in [1.82, 2.24) is 24.1 Å². The molecule has 0 aliphatic rings. The fraction of sp³-hybridized carbons (Fsp3) is 0. The fourth-order valence-electron chi connectivity index (χ4n) is 9.54. The Morgan fingerprint density at radius 1 is 0.317 bits per heavy atom. The molecule has 13 rings (SSSR count). The van der Waals surface area contributed by atoms with Gasteiger partial charge in [0.05, 0.1) is 27.8 Å². The summed E-state index contributed by atoms with van der Waals surface area (Å²) in [5.41, 5.74) is 11.7. The lowest BCUT2D eigenvalue weighted by molar-refractivity contribution is 1.06. The van der Waals surface area contributed by atoms with Gasteiger partial charge in [0.2, 0.25) is 0 Å². The molecule has 4 aromatic heterocycles. The molecule has 9 aromatic carbocycles. The number of rotatable bonds is 6. The molecule has 0 N–H and O–H groups in total. The molecule has 63 heavy (non-hydrogen) atoms. The third kappa shape index (κ3) is 5.66. The van der Waals surface area contributed by atoms with E-state index in [2.05, 4.69) is 185 Å². The minimum absolute atomic E-state index is 0.604. The summed E-state index contributed by atoms with van der Waals surface area (Å²) in [6, 6.07) is 75.6. The number of thiophene rings is 1. The zero-order chi connectivity index (χ0) is 41.4. The first-order valence-corrected chi connectivity index (χ1v) is 22.0. The third-order valence-corrected chi connectivity index (χ3v) is 13.6. The normalized spacial score (nSPS) is 11.8. The van der Waals surface area contributed by atoms with Gasteiger partial charge in [-0.2, -0.15) is 0 Å². The fourth-order valence-corrected chi connectivity index (χ4v) is 10.8. The monoisotopic (exact) mass is 821 g/mol. The van der Waals surface area contributed by atoms with Crippen LogP contribution in [-0.4, -0.2) is 24.1 Å². The molecule has 0 unspecified atom stereocenters. The van der Waals surface area contributed by atoms with Gasteiger partial charge >= 0.3 is 0 Å². The van der Waals surface area contributed by atoms with Crippen LogP contribution in [0.4, 0.5) is 0 Å². The molecule has 6 heteroatoms. The van der Waals surface area contributed by atoms with Crippen LogP contribution in [0.5, 0.6) is 0 Å². The van der Waals surface area contributed by atoms with Crippen molar-refractivity contribution in [2.45, 2.75) is 0 Å². The summed E-state index contributed by atoms with van der Waals surface area (Å²) in [6.45, 7) is 0. The van der Waals surface area contributed by atoms with E-state index < -0.39 is 0 Å². The molecule has 0 atom stereocenters. The van der Waals surface area contributed by atoms with Gasteiger partial charge in [0, 0.05) is 64.1 Å². The van der Waals surface area contributed by atoms with E-state index in [9.17, 15) is 0 Å². The van der Waals surface area contributed by atoms with E-state index in [1.807, 2.05) is 47.7 Å². The second kappa shape index (κ2) is 14.2. The van der Waals surface area contributed by atoms with E-state index in [4.69, 9.17) is 15.0 Å². The Hall–Kier alpha value is -8.19. The number of hydrogen-bond acceptors (Lipinski definition) is 4. The van der Waals surface area contributed by atoms with Crippen LogP contribution >= 0.6 is 11.3 Å². The largest absolute Gasteiger partial charge is 0.309 e. The van der Waals surface area contributed by atoms with Crippen molar-refractivity contribution < 1.29 is 0 Å². The number of nitrogens with zero attached hydrogens (tertiary/aromatic N) is 5. The summed E-state index contributed by atoms with van der Waals surface area (Å²) in [5, 5.41) is 7.36. The van der Waals surface area contributed by atoms with Crippen molar-refractivity contribution in [3.63, 3.8) is 0 Å². The second-order valence-electron chi connectivity index (χ2n) is 16.0. The molecule has 0 bridgehead atoms. The number of aromatic nitrogens is 5. The molecule has 0 fully saturated rings. The molecule has 0 amide bonds. The molecular formula is C57H35N5S. The van der Waals surface area contributed by atoms with Crippen LogP contribution in [0.2, 0.25) is 0 Å². The molecular weight excluding hydrogens is 787 g/mol. The topological polar surface area (TPSA) is 48.5 Å². The Labute approximate surface area is 366 Å². The van der Waals surface area contributed by atoms with Crippen molar-refractivity contribution in [2.24, 2.45) is 0 Å². The van der Waals surface area contributed by atoms with Crippen molar-refractivity contribution >= 4 is 75.1 Å². The van der Waals surface area contributed by atoms with Crippen molar-refractivity contribution in [1.29, 1.82) is 0 Å². The van der Waals surface area contributed by atoms with E-state index in [0.29, 0.717) is 17.5 Å². The zero-order valence-electron chi connectivity index (χ0n) is 33.9. The number of fused-ring (bicyclic) bond motifs is 9. The van der Waals surface area contributed by atoms with Gasteiger partial charge in [-0.15, -0.1) is 11.3 Å². The van der Waals surface area contributed by atoms with Gasteiger partial charge in [-0.25, -0.2) is 15.0 Å². The van der Waals surface area contributed by atoms with Gasteiger partial charge in [-0.1, -0.05) is 164 Å². The predicted octanol–water partition coefficient (Wildman–Crippen LogP) is 15.1. The molecule has 0 aliphatic carbocycles. The minimum Gasteiger partial charge on any atom is -0.309 e. The van der Waals surface area contributed by atoms with Gasteiger partial charge in [0.1, 0.15) is 0 Å². The van der Waals surface area contributed by atoms with Gasteiger partial charge < -0.3 is 9.13 Å². The molecule has 0 radical (unpaired) electrons. The van der Waals surface area contributed by atoms with E-state index in [1.165, 1.54) is 58.3 Å². The highest BCUT2D eigenvalue weighted by Crippen LogP contribution is 2.43. The van der Waals surface area contributed by atoms with Crippen molar-refractivity contribution in [3.05, 3.63) is 212 Å². The van der Waals surface area contributed by atoms with Crippen LogP contribution in [0.15, 0.2) is 212 Å². The van der Waals surface area contributed by atoms with Gasteiger partial charge in [0.15, 0.2) is 17.5 Å². The SMILES string of the molecule is c1ccc(-c2nc(-c3ccccc3)nc(-c3cc(-c4cccc5c4sc4ccccc45)ccc3-n3c4ccccc4c4ccc(-n5c6ccccc6c6ccccc65)cc43)n2)cc1. The Morgan fingerprint density at radius 3 is 1.49 bits per heavy atom. The highest BCUT2D eigenvalue weighted by atomic mass is 32.1. The Balaban J connectivity index is 1.12. The van der Waals surface area contributed by atoms with Crippen LogP contribution in [-0.2, 0) is 0 Å². The van der Waals surface area contributed by atoms with Crippen LogP contribution in [0.3, 0.4) is 0 Å². The van der Waals surface area contributed by atoms with Gasteiger partial charge in [-0.3, -0.25) is 0 Å². The predicted molar refractivity (Wildman–Crippen MR) is 263 cm³/mol. The summed E-state index contributed by atoms with van der Waals surface area (Å²) in [6.07, 6.45) is 0. The molecule has 0 saturated heterocycles. The minimum atomic E-state index is 0.604. The van der Waals surface area contributed by atoms with Crippen molar-refractivity contribution in [2.75, 3.05) is 0 Å². The number of benzene rings is 9. The van der Waals surface area contributed by atoms with E-state index in [-0.39, 0.29) is 0 Å². The third-order valence-electron chi connectivity index (χ3n) is 12.4. The Bertz CT molecular complexity index is 3810. The maximum Gasteiger partial charge on any atom is 0.166 e. The van der Waals surface area contributed by atoms with Crippen LogP contribution < -0.4 is 0 Å². The highest BCUT2D eigenvalue weighted by molar-refractivity contribution is 7.26. The Kier molecular flexibility index (Phi) is 8.01. The van der Waals surface area contributed by atoms with E-state index >= 15 is 0 Å². The lowest BCUT2D eigenvalue weighted by Gasteiger charge is -2.17. The van der Waals surface area contributed by atoms with Crippen LogP contribution in [0.1, 0.15) is 0 Å². The summed E-state index contributed by atoms with van der Waals surface area (Å²) in [5.74, 6) is 1.85. The van der Waals surface area contributed by atoms with E-state index in [1.54, 1.807) is 0 Å². The average molecular weight is 822 g/mol. The number of para-hydroxylation sites is 3.